The fraction of sp³-hybridized carbons (Fsp3) is 0.667. The Morgan fingerprint density at radius 3 is 3.07 bits per heavy atom. The molecule has 2 saturated heterocycles. The Labute approximate surface area is 90.7 Å². The van der Waals surface area contributed by atoms with E-state index in [0.717, 1.165) is 24.4 Å². The third kappa shape index (κ3) is 1.24. The van der Waals surface area contributed by atoms with E-state index in [9.17, 15) is 4.79 Å². The standard InChI is InChI=1S/C9H11N3O2S/c13-8(14)6-3-5-1-2-7(6)12(5)9-11-10-4-15-9/h4-7H,1-3H2,(H,13,14). The van der Waals surface area contributed by atoms with E-state index < -0.39 is 5.97 Å². The maximum Gasteiger partial charge on any atom is 0.308 e. The first-order chi connectivity index (χ1) is 7.27. The maximum atomic E-state index is 11.0. The molecule has 0 radical (unpaired) electrons. The topological polar surface area (TPSA) is 66.3 Å². The number of carboxylic acids is 1. The van der Waals surface area contributed by atoms with Crippen LogP contribution in [-0.2, 0) is 4.79 Å². The minimum Gasteiger partial charge on any atom is -0.481 e. The van der Waals surface area contributed by atoms with E-state index in [1.807, 2.05) is 0 Å². The van der Waals surface area contributed by atoms with Gasteiger partial charge in [0.05, 0.1) is 5.92 Å². The average molecular weight is 225 g/mol. The van der Waals surface area contributed by atoms with Gasteiger partial charge in [-0.05, 0) is 19.3 Å². The molecule has 0 spiro atoms. The van der Waals surface area contributed by atoms with Crippen molar-refractivity contribution in [3.8, 4) is 0 Å². The molecule has 15 heavy (non-hydrogen) atoms. The summed E-state index contributed by atoms with van der Waals surface area (Å²) in [7, 11) is 0. The molecule has 3 unspecified atom stereocenters. The van der Waals surface area contributed by atoms with Crippen LogP contribution in [0.3, 0.4) is 0 Å². The van der Waals surface area contributed by atoms with E-state index in [1.54, 1.807) is 5.51 Å². The van der Waals surface area contributed by atoms with Crippen molar-refractivity contribution in [2.75, 3.05) is 4.90 Å². The van der Waals surface area contributed by atoms with Crippen molar-refractivity contribution in [3.63, 3.8) is 0 Å². The second-order valence-corrected chi connectivity index (χ2v) is 4.92. The maximum absolute atomic E-state index is 11.0. The molecule has 1 aromatic heterocycles. The predicted octanol–water partition coefficient (Wildman–Crippen LogP) is 0.980. The second kappa shape index (κ2) is 3.16. The van der Waals surface area contributed by atoms with Gasteiger partial charge in [0.15, 0.2) is 0 Å². The number of carbonyl (C=O) groups is 1. The highest BCUT2D eigenvalue weighted by Crippen LogP contribution is 2.44. The lowest BCUT2D eigenvalue weighted by atomic mass is 9.89. The first-order valence-electron chi connectivity index (χ1n) is 5.04. The molecule has 0 amide bonds. The zero-order chi connectivity index (χ0) is 10.4. The van der Waals surface area contributed by atoms with Gasteiger partial charge in [-0.15, -0.1) is 10.2 Å². The van der Waals surface area contributed by atoms with Gasteiger partial charge in [0.1, 0.15) is 5.51 Å². The summed E-state index contributed by atoms with van der Waals surface area (Å²) in [6.45, 7) is 0. The van der Waals surface area contributed by atoms with Crippen LogP contribution in [0.5, 0.6) is 0 Å². The Morgan fingerprint density at radius 2 is 2.47 bits per heavy atom. The van der Waals surface area contributed by atoms with Gasteiger partial charge >= 0.3 is 5.97 Å². The van der Waals surface area contributed by atoms with Crippen LogP contribution in [0.2, 0.25) is 0 Å². The molecular weight excluding hydrogens is 214 g/mol. The molecule has 1 N–H and O–H groups in total. The van der Waals surface area contributed by atoms with Gasteiger partial charge in [0.25, 0.3) is 0 Å². The summed E-state index contributed by atoms with van der Waals surface area (Å²) in [4.78, 5) is 13.2. The number of carboxylic acid groups (broad SMARTS) is 1. The first-order valence-corrected chi connectivity index (χ1v) is 5.92. The molecular formula is C9H11N3O2S. The summed E-state index contributed by atoms with van der Waals surface area (Å²) in [5, 5.41) is 17.8. The summed E-state index contributed by atoms with van der Waals surface area (Å²) in [6, 6.07) is 0.504. The number of hydrogen-bond donors (Lipinski definition) is 1. The fourth-order valence-electron chi connectivity index (χ4n) is 2.83. The van der Waals surface area contributed by atoms with Crippen LogP contribution in [0, 0.1) is 5.92 Å². The summed E-state index contributed by atoms with van der Waals surface area (Å²) in [5.74, 6) is -0.885. The van der Waals surface area contributed by atoms with Gasteiger partial charge in [0, 0.05) is 12.1 Å². The van der Waals surface area contributed by atoms with Crippen LogP contribution in [0.25, 0.3) is 0 Å². The van der Waals surface area contributed by atoms with E-state index >= 15 is 0 Å². The molecule has 2 bridgehead atoms. The normalized spacial score (nSPS) is 33.6. The molecule has 6 heteroatoms. The summed E-state index contributed by atoms with van der Waals surface area (Å²) < 4.78 is 0. The lowest BCUT2D eigenvalue weighted by Crippen LogP contribution is -2.32. The number of aliphatic carboxylic acids is 1. The van der Waals surface area contributed by atoms with Crippen molar-refractivity contribution in [3.05, 3.63) is 5.51 Å². The molecule has 2 aliphatic heterocycles. The van der Waals surface area contributed by atoms with Crippen molar-refractivity contribution in [1.82, 2.24) is 10.2 Å². The highest BCUT2D eigenvalue weighted by atomic mass is 32.1. The van der Waals surface area contributed by atoms with E-state index in [1.165, 1.54) is 11.3 Å². The van der Waals surface area contributed by atoms with Gasteiger partial charge in [-0.1, -0.05) is 11.3 Å². The highest BCUT2D eigenvalue weighted by Gasteiger charge is 2.50. The Kier molecular flexibility index (Phi) is 1.92. The van der Waals surface area contributed by atoms with E-state index in [4.69, 9.17) is 5.11 Å². The number of nitrogens with zero attached hydrogens (tertiary/aromatic N) is 3. The molecule has 2 fully saturated rings. The van der Waals surface area contributed by atoms with Crippen molar-refractivity contribution in [2.24, 2.45) is 5.92 Å². The fourth-order valence-corrected chi connectivity index (χ4v) is 3.52. The minimum absolute atomic E-state index is 0.139. The summed E-state index contributed by atoms with van der Waals surface area (Å²) >= 11 is 1.49. The number of hydrogen-bond acceptors (Lipinski definition) is 5. The molecule has 0 saturated carbocycles. The monoisotopic (exact) mass is 225 g/mol. The molecule has 3 rings (SSSR count). The van der Waals surface area contributed by atoms with E-state index in [-0.39, 0.29) is 12.0 Å². The Bertz CT molecular complexity index is 381. The largest absolute Gasteiger partial charge is 0.481 e. The third-order valence-electron chi connectivity index (χ3n) is 3.42. The summed E-state index contributed by atoms with van der Waals surface area (Å²) in [5.41, 5.74) is 1.70. The lowest BCUT2D eigenvalue weighted by molar-refractivity contribution is -0.142. The summed E-state index contributed by atoms with van der Waals surface area (Å²) in [6.07, 6.45) is 2.83. The molecule has 3 heterocycles. The molecule has 2 aliphatic rings. The zero-order valence-corrected chi connectivity index (χ0v) is 8.85. The second-order valence-electron chi connectivity index (χ2n) is 4.11. The third-order valence-corrected chi connectivity index (χ3v) is 4.13. The molecule has 0 aliphatic carbocycles. The number of aromatic nitrogens is 2. The quantitative estimate of drug-likeness (QED) is 0.812. The number of fused-ring (bicyclic) bond motifs is 2. The van der Waals surface area contributed by atoms with Crippen molar-refractivity contribution in [1.29, 1.82) is 0 Å². The predicted molar refractivity (Wildman–Crippen MR) is 54.9 cm³/mol. The van der Waals surface area contributed by atoms with Gasteiger partial charge < -0.3 is 10.0 Å². The van der Waals surface area contributed by atoms with Gasteiger partial charge in [-0.3, -0.25) is 4.79 Å². The van der Waals surface area contributed by atoms with Crippen molar-refractivity contribution in [2.45, 2.75) is 31.3 Å². The van der Waals surface area contributed by atoms with Gasteiger partial charge in [0.2, 0.25) is 5.13 Å². The Hall–Kier alpha value is -1.17. The molecule has 5 nitrogen and oxygen atoms in total. The highest BCUT2D eigenvalue weighted by molar-refractivity contribution is 7.13. The first kappa shape index (κ1) is 9.08. The molecule has 3 atom stereocenters. The van der Waals surface area contributed by atoms with Gasteiger partial charge in [-0.2, -0.15) is 0 Å². The van der Waals surface area contributed by atoms with Crippen LogP contribution in [0.15, 0.2) is 5.51 Å². The van der Waals surface area contributed by atoms with Crippen LogP contribution in [0.1, 0.15) is 19.3 Å². The number of anilines is 1. The van der Waals surface area contributed by atoms with Crippen molar-refractivity contribution < 1.29 is 9.90 Å². The van der Waals surface area contributed by atoms with E-state index in [2.05, 4.69) is 15.1 Å². The Balaban J connectivity index is 1.91. The lowest BCUT2D eigenvalue weighted by Gasteiger charge is -2.21. The zero-order valence-electron chi connectivity index (χ0n) is 8.04. The number of rotatable bonds is 2. The van der Waals surface area contributed by atoms with Crippen LogP contribution in [-0.4, -0.2) is 33.4 Å². The van der Waals surface area contributed by atoms with Crippen LogP contribution in [0.4, 0.5) is 5.13 Å². The average Bonchev–Trinajstić information content (AvgIpc) is 2.90. The Morgan fingerprint density at radius 1 is 1.60 bits per heavy atom. The minimum atomic E-state index is -0.670. The SMILES string of the molecule is O=C(O)C1CC2CCC1N2c1nncs1. The molecule has 80 valence electrons. The van der Waals surface area contributed by atoms with Crippen LogP contribution < -0.4 is 4.90 Å². The van der Waals surface area contributed by atoms with E-state index in [0.29, 0.717) is 6.04 Å². The smallest absolute Gasteiger partial charge is 0.308 e. The van der Waals surface area contributed by atoms with Gasteiger partial charge in [-0.25, -0.2) is 0 Å². The van der Waals surface area contributed by atoms with Crippen LogP contribution >= 0.6 is 11.3 Å². The molecule has 1 aromatic rings. The molecule has 0 aromatic carbocycles. The van der Waals surface area contributed by atoms with Crippen molar-refractivity contribution >= 4 is 22.4 Å².